The topological polar surface area (TPSA) is 74.6 Å². The molecule has 0 aliphatic rings. The van der Waals surface area contributed by atoms with Crippen molar-refractivity contribution in [2.75, 3.05) is 0 Å². The molecule has 2 N–H and O–H groups in total. The molecule has 0 aromatic carbocycles. The fourth-order valence-corrected chi connectivity index (χ4v) is 2.36. The highest BCUT2D eigenvalue weighted by Gasteiger charge is 2.00. The molecule has 0 spiro atoms. The molecule has 0 heterocycles. The van der Waals surface area contributed by atoms with Crippen molar-refractivity contribution in [1.29, 1.82) is 0 Å². The number of allylic oxidation sites excluding steroid dienone is 1. The van der Waals surface area contributed by atoms with E-state index in [0.717, 1.165) is 51.4 Å². The molecule has 0 rings (SSSR count). The van der Waals surface area contributed by atoms with Crippen molar-refractivity contribution >= 4 is 12.8 Å². The number of hydrogen-bond donors (Lipinski definition) is 2. The van der Waals surface area contributed by atoms with Gasteiger partial charge in [0.05, 0.1) is 6.10 Å². The summed E-state index contributed by atoms with van der Waals surface area (Å²) in [5.74, 6) is -0.689. The van der Waals surface area contributed by atoms with E-state index < -0.39 is 5.97 Å². The third-order valence-electron chi connectivity index (χ3n) is 3.73. The van der Waals surface area contributed by atoms with Gasteiger partial charge in [-0.15, -0.1) is 0 Å². The van der Waals surface area contributed by atoms with Crippen LogP contribution in [0.25, 0.3) is 0 Å². The molecule has 0 aromatic heterocycles. The van der Waals surface area contributed by atoms with Crippen molar-refractivity contribution in [3.8, 4) is 0 Å². The van der Waals surface area contributed by atoms with Crippen molar-refractivity contribution < 1.29 is 19.8 Å². The first-order valence-electron chi connectivity index (χ1n) is 9.00. The third kappa shape index (κ3) is 23.2. The summed E-state index contributed by atoms with van der Waals surface area (Å²) in [5.41, 5.74) is 0. The van der Waals surface area contributed by atoms with Gasteiger partial charge in [-0.2, -0.15) is 0 Å². The first-order chi connectivity index (χ1) is 11.2. The van der Waals surface area contributed by atoms with Crippen LogP contribution >= 0.6 is 0 Å². The van der Waals surface area contributed by atoms with Gasteiger partial charge in [0.1, 0.15) is 6.79 Å². The fourth-order valence-electron chi connectivity index (χ4n) is 2.36. The molecule has 136 valence electrons. The molecule has 0 aromatic rings. The lowest BCUT2D eigenvalue weighted by molar-refractivity contribution is -0.137. The van der Waals surface area contributed by atoms with Crippen molar-refractivity contribution in [2.24, 2.45) is 0 Å². The second kappa shape index (κ2) is 20.8. The van der Waals surface area contributed by atoms with E-state index in [2.05, 4.69) is 19.1 Å². The maximum atomic E-state index is 10.3. The lowest BCUT2D eigenvalue weighted by Gasteiger charge is -2.07. The SMILES string of the molecule is C=O.CCCCCC[C@@H](O)C/C=C\CCCCCCCC(=O)O. The van der Waals surface area contributed by atoms with E-state index in [-0.39, 0.29) is 6.10 Å². The number of carbonyl (C=O) groups excluding carboxylic acids is 1. The fraction of sp³-hybridized carbons (Fsp3) is 0.789. The molecule has 0 unspecified atom stereocenters. The van der Waals surface area contributed by atoms with Gasteiger partial charge in [0.15, 0.2) is 0 Å². The van der Waals surface area contributed by atoms with Crippen LogP contribution in [0.5, 0.6) is 0 Å². The van der Waals surface area contributed by atoms with Gasteiger partial charge in [0.2, 0.25) is 0 Å². The molecule has 0 amide bonds. The van der Waals surface area contributed by atoms with Crippen LogP contribution in [0.4, 0.5) is 0 Å². The average Bonchev–Trinajstić information content (AvgIpc) is 2.55. The number of hydrogen-bond acceptors (Lipinski definition) is 3. The van der Waals surface area contributed by atoms with E-state index in [1.165, 1.54) is 25.7 Å². The van der Waals surface area contributed by atoms with Crippen molar-refractivity contribution in [1.82, 2.24) is 0 Å². The van der Waals surface area contributed by atoms with E-state index in [9.17, 15) is 9.90 Å². The number of aliphatic carboxylic acids is 1. The molecule has 0 saturated heterocycles. The molecule has 4 heteroatoms. The quantitative estimate of drug-likeness (QED) is 0.331. The smallest absolute Gasteiger partial charge is 0.303 e. The molecular weight excluding hydrogens is 292 g/mol. The minimum Gasteiger partial charge on any atom is -0.481 e. The lowest BCUT2D eigenvalue weighted by atomic mass is 10.1. The van der Waals surface area contributed by atoms with E-state index in [1.807, 2.05) is 6.79 Å². The van der Waals surface area contributed by atoms with Crippen LogP contribution in [0.3, 0.4) is 0 Å². The van der Waals surface area contributed by atoms with Gasteiger partial charge in [-0.1, -0.05) is 64.0 Å². The molecule has 0 saturated carbocycles. The van der Waals surface area contributed by atoms with Crippen molar-refractivity contribution in [3.05, 3.63) is 12.2 Å². The Balaban J connectivity index is 0. The zero-order valence-corrected chi connectivity index (χ0v) is 14.8. The predicted molar refractivity (Wildman–Crippen MR) is 95.6 cm³/mol. The highest BCUT2D eigenvalue weighted by Crippen LogP contribution is 2.10. The van der Waals surface area contributed by atoms with Crippen molar-refractivity contribution in [3.63, 3.8) is 0 Å². The summed E-state index contributed by atoms with van der Waals surface area (Å²) in [6, 6.07) is 0. The molecule has 1 atom stereocenters. The number of carboxylic acid groups (broad SMARTS) is 1. The first-order valence-corrected chi connectivity index (χ1v) is 9.00. The summed E-state index contributed by atoms with van der Waals surface area (Å²) >= 11 is 0. The Kier molecular flexibility index (Phi) is 21.8. The Morgan fingerprint density at radius 2 is 1.57 bits per heavy atom. The van der Waals surface area contributed by atoms with Crippen LogP contribution in [0.15, 0.2) is 12.2 Å². The van der Waals surface area contributed by atoms with E-state index in [1.54, 1.807) is 0 Å². The molecule has 23 heavy (non-hydrogen) atoms. The Morgan fingerprint density at radius 3 is 2.22 bits per heavy atom. The minimum absolute atomic E-state index is 0.172. The molecule has 0 radical (unpaired) electrons. The van der Waals surface area contributed by atoms with Gasteiger partial charge in [-0.3, -0.25) is 4.79 Å². The van der Waals surface area contributed by atoms with E-state index in [4.69, 9.17) is 9.90 Å². The van der Waals surface area contributed by atoms with Gasteiger partial charge >= 0.3 is 5.97 Å². The first kappa shape index (κ1) is 24.1. The van der Waals surface area contributed by atoms with Crippen LogP contribution in [0.1, 0.15) is 90.4 Å². The lowest BCUT2D eigenvalue weighted by Crippen LogP contribution is -2.04. The Bertz CT molecular complexity index is 277. The van der Waals surface area contributed by atoms with Crippen LogP contribution in [-0.4, -0.2) is 29.1 Å². The zero-order chi connectivity index (χ0) is 17.8. The second-order valence-electron chi connectivity index (χ2n) is 5.91. The zero-order valence-electron chi connectivity index (χ0n) is 14.8. The molecule has 0 aliphatic carbocycles. The van der Waals surface area contributed by atoms with E-state index in [0.29, 0.717) is 6.42 Å². The maximum absolute atomic E-state index is 10.3. The van der Waals surface area contributed by atoms with Gasteiger partial charge in [-0.05, 0) is 32.1 Å². The second-order valence-corrected chi connectivity index (χ2v) is 5.91. The van der Waals surface area contributed by atoms with Crippen LogP contribution in [0.2, 0.25) is 0 Å². The number of aliphatic hydroxyl groups excluding tert-OH is 1. The van der Waals surface area contributed by atoms with Crippen LogP contribution in [-0.2, 0) is 9.59 Å². The third-order valence-corrected chi connectivity index (χ3v) is 3.73. The molecule has 0 aliphatic heterocycles. The normalized spacial score (nSPS) is 11.9. The Labute approximate surface area is 142 Å². The summed E-state index contributed by atoms with van der Waals surface area (Å²) < 4.78 is 0. The molecule has 4 nitrogen and oxygen atoms in total. The van der Waals surface area contributed by atoms with Crippen molar-refractivity contribution in [2.45, 2.75) is 96.5 Å². The monoisotopic (exact) mass is 328 g/mol. The van der Waals surface area contributed by atoms with Gasteiger partial charge in [-0.25, -0.2) is 0 Å². The molecule has 0 bridgehead atoms. The Hall–Kier alpha value is -1.16. The summed E-state index contributed by atoms with van der Waals surface area (Å²) in [7, 11) is 0. The minimum atomic E-state index is -0.689. The van der Waals surface area contributed by atoms with Gasteiger partial charge < -0.3 is 15.0 Å². The largest absolute Gasteiger partial charge is 0.481 e. The number of carbonyl (C=O) groups is 2. The number of unbranched alkanes of at least 4 members (excludes halogenated alkanes) is 8. The van der Waals surface area contributed by atoms with Gasteiger partial charge in [0.25, 0.3) is 0 Å². The standard InChI is InChI=1S/C18H34O3.CH2O/c1-2-3-4-11-14-17(19)15-12-9-7-5-6-8-10-13-16-18(20)21;1-2/h9,12,17,19H,2-8,10-11,13-16H2,1H3,(H,20,21);1H2/b12-9-;/t17-;/m1./s1. The summed E-state index contributed by atoms with van der Waals surface area (Å²) in [6.07, 6.45) is 17.4. The number of aliphatic hydroxyl groups is 1. The summed E-state index contributed by atoms with van der Waals surface area (Å²) in [4.78, 5) is 18.3. The number of carboxylic acids is 1. The van der Waals surface area contributed by atoms with Gasteiger partial charge in [0, 0.05) is 6.42 Å². The molecule has 0 fully saturated rings. The summed E-state index contributed by atoms with van der Waals surface area (Å²) in [6.45, 7) is 4.20. The average molecular weight is 328 g/mol. The van der Waals surface area contributed by atoms with Crippen LogP contribution in [0, 0.1) is 0 Å². The summed E-state index contributed by atoms with van der Waals surface area (Å²) in [5, 5.41) is 18.3. The van der Waals surface area contributed by atoms with E-state index >= 15 is 0 Å². The molecular formula is C19H36O4. The Morgan fingerprint density at radius 1 is 0.957 bits per heavy atom. The predicted octanol–water partition coefficient (Wildman–Crippen LogP) is 4.89. The van der Waals surface area contributed by atoms with Crippen LogP contribution < -0.4 is 0 Å². The maximum Gasteiger partial charge on any atom is 0.303 e. The number of rotatable bonds is 15. The highest BCUT2D eigenvalue weighted by molar-refractivity contribution is 5.66. The highest BCUT2D eigenvalue weighted by atomic mass is 16.4.